The SMILES string of the molecule is CCCC(CC)OC(=O)CC(C)O. The first kappa shape index (κ1) is 12.4. The highest BCUT2D eigenvalue weighted by molar-refractivity contribution is 5.70. The van der Waals surface area contributed by atoms with E-state index in [-0.39, 0.29) is 18.5 Å². The molecule has 2 atom stereocenters. The molecule has 3 heteroatoms. The molecular formula is C10H20O3. The Balaban J connectivity index is 3.73. The minimum Gasteiger partial charge on any atom is -0.462 e. The molecule has 0 radical (unpaired) electrons. The number of hydrogen-bond acceptors (Lipinski definition) is 3. The second-order valence-corrected chi connectivity index (χ2v) is 3.36. The zero-order chi connectivity index (χ0) is 10.3. The maximum atomic E-state index is 11.1. The standard InChI is InChI=1S/C10H20O3/c1-4-6-9(5-2)13-10(12)7-8(3)11/h8-9,11H,4-7H2,1-3H3. The second kappa shape index (κ2) is 6.89. The van der Waals surface area contributed by atoms with E-state index in [2.05, 4.69) is 6.92 Å². The van der Waals surface area contributed by atoms with E-state index in [9.17, 15) is 4.79 Å². The van der Waals surface area contributed by atoms with Crippen LogP contribution in [0.1, 0.15) is 46.5 Å². The van der Waals surface area contributed by atoms with Gasteiger partial charge in [-0.25, -0.2) is 0 Å². The van der Waals surface area contributed by atoms with Crippen LogP contribution in [0.15, 0.2) is 0 Å². The van der Waals surface area contributed by atoms with Crippen molar-refractivity contribution >= 4 is 5.97 Å². The summed E-state index contributed by atoms with van der Waals surface area (Å²) < 4.78 is 5.15. The summed E-state index contributed by atoms with van der Waals surface area (Å²) >= 11 is 0. The maximum absolute atomic E-state index is 11.1. The summed E-state index contributed by atoms with van der Waals surface area (Å²) in [5, 5.41) is 8.94. The van der Waals surface area contributed by atoms with Crippen molar-refractivity contribution in [1.82, 2.24) is 0 Å². The van der Waals surface area contributed by atoms with E-state index in [1.165, 1.54) is 0 Å². The van der Waals surface area contributed by atoms with Crippen molar-refractivity contribution in [2.24, 2.45) is 0 Å². The highest BCUT2D eigenvalue weighted by atomic mass is 16.5. The number of ether oxygens (including phenoxy) is 1. The van der Waals surface area contributed by atoms with Crippen LogP contribution >= 0.6 is 0 Å². The summed E-state index contributed by atoms with van der Waals surface area (Å²) in [4.78, 5) is 11.1. The third-order valence-corrected chi connectivity index (χ3v) is 1.83. The van der Waals surface area contributed by atoms with Gasteiger partial charge in [0.15, 0.2) is 0 Å². The lowest BCUT2D eigenvalue weighted by atomic mass is 10.1. The highest BCUT2D eigenvalue weighted by Gasteiger charge is 2.13. The van der Waals surface area contributed by atoms with E-state index in [1.54, 1.807) is 6.92 Å². The van der Waals surface area contributed by atoms with Crippen molar-refractivity contribution in [1.29, 1.82) is 0 Å². The van der Waals surface area contributed by atoms with Crippen molar-refractivity contribution in [3.05, 3.63) is 0 Å². The lowest BCUT2D eigenvalue weighted by Gasteiger charge is -2.15. The van der Waals surface area contributed by atoms with Crippen molar-refractivity contribution in [2.75, 3.05) is 0 Å². The van der Waals surface area contributed by atoms with E-state index in [0.29, 0.717) is 0 Å². The van der Waals surface area contributed by atoms with Crippen LogP contribution in [-0.2, 0) is 9.53 Å². The van der Waals surface area contributed by atoms with Gasteiger partial charge in [0, 0.05) is 0 Å². The number of carbonyl (C=O) groups excluding carboxylic acids is 1. The fourth-order valence-corrected chi connectivity index (χ4v) is 1.14. The van der Waals surface area contributed by atoms with Gasteiger partial charge < -0.3 is 9.84 Å². The molecule has 78 valence electrons. The van der Waals surface area contributed by atoms with Crippen LogP contribution < -0.4 is 0 Å². The number of esters is 1. The van der Waals surface area contributed by atoms with E-state index in [4.69, 9.17) is 9.84 Å². The Bertz CT molecular complexity index is 143. The summed E-state index contributed by atoms with van der Waals surface area (Å²) in [5.74, 6) is -0.296. The Morgan fingerprint density at radius 2 is 2.08 bits per heavy atom. The summed E-state index contributed by atoms with van der Waals surface area (Å²) in [5.41, 5.74) is 0. The fraction of sp³-hybridized carbons (Fsp3) is 0.900. The molecule has 0 aromatic rings. The molecule has 0 amide bonds. The molecule has 0 bridgehead atoms. The number of hydrogen-bond donors (Lipinski definition) is 1. The molecule has 0 saturated heterocycles. The van der Waals surface area contributed by atoms with Crippen LogP contribution in [0.5, 0.6) is 0 Å². The Morgan fingerprint density at radius 3 is 2.46 bits per heavy atom. The minimum atomic E-state index is -0.605. The quantitative estimate of drug-likeness (QED) is 0.647. The van der Waals surface area contributed by atoms with E-state index < -0.39 is 6.10 Å². The molecule has 0 aromatic heterocycles. The van der Waals surface area contributed by atoms with Gasteiger partial charge >= 0.3 is 5.97 Å². The van der Waals surface area contributed by atoms with Crippen molar-refractivity contribution in [3.8, 4) is 0 Å². The predicted octanol–water partition coefficient (Wildman–Crippen LogP) is 1.88. The Morgan fingerprint density at radius 1 is 1.46 bits per heavy atom. The summed E-state index contributed by atoms with van der Waals surface area (Å²) in [7, 11) is 0. The largest absolute Gasteiger partial charge is 0.462 e. The van der Waals surface area contributed by atoms with E-state index in [0.717, 1.165) is 19.3 Å². The van der Waals surface area contributed by atoms with Crippen LogP contribution in [-0.4, -0.2) is 23.3 Å². The topological polar surface area (TPSA) is 46.5 Å². The fourth-order valence-electron chi connectivity index (χ4n) is 1.14. The van der Waals surface area contributed by atoms with Crippen LogP contribution in [0.2, 0.25) is 0 Å². The van der Waals surface area contributed by atoms with Gasteiger partial charge in [-0.2, -0.15) is 0 Å². The Hall–Kier alpha value is -0.570. The minimum absolute atomic E-state index is 0.0243. The number of rotatable bonds is 6. The van der Waals surface area contributed by atoms with Gasteiger partial charge in [-0.15, -0.1) is 0 Å². The summed E-state index contributed by atoms with van der Waals surface area (Å²) in [6.45, 7) is 5.64. The zero-order valence-corrected chi connectivity index (χ0v) is 8.75. The molecular weight excluding hydrogens is 168 g/mol. The third kappa shape index (κ3) is 6.58. The first-order valence-electron chi connectivity index (χ1n) is 4.97. The van der Waals surface area contributed by atoms with E-state index >= 15 is 0 Å². The molecule has 0 saturated carbocycles. The molecule has 0 heterocycles. The van der Waals surface area contributed by atoms with Crippen LogP contribution in [0.3, 0.4) is 0 Å². The second-order valence-electron chi connectivity index (χ2n) is 3.36. The molecule has 0 aliphatic rings. The zero-order valence-electron chi connectivity index (χ0n) is 8.75. The molecule has 0 fully saturated rings. The lowest BCUT2D eigenvalue weighted by Crippen LogP contribution is -2.20. The van der Waals surface area contributed by atoms with Gasteiger partial charge in [-0.1, -0.05) is 20.3 Å². The molecule has 0 rings (SSSR count). The lowest BCUT2D eigenvalue weighted by molar-refractivity contribution is -0.151. The van der Waals surface area contributed by atoms with Crippen molar-refractivity contribution in [2.45, 2.75) is 58.7 Å². The molecule has 3 nitrogen and oxygen atoms in total. The number of aliphatic hydroxyl groups excluding tert-OH is 1. The predicted molar refractivity (Wildman–Crippen MR) is 51.4 cm³/mol. The summed E-state index contributed by atoms with van der Waals surface area (Å²) in [6.07, 6.45) is 2.28. The van der Waals surface area contributed by atoms with Gasteiger partial charge in [-0.3, -0.25) is 4.79 Å². The van der Waals surface area contributed by atoms with Gasteiger partial charge in [0.25, 0.3) is 0 Å². The molecule has 2 unspecified atom stereocenters. The number of carbonyl (C=O) groups is 1. The molecule has 0 aliphatic carbocycles. The van der Waals surface area contributed by atoms with Crippen molar-refractivity contribution in [3.63, 3.8) is 0 Å². The molecule has 0 aliphatic heterocycles. The maximum Gasteiger partial charge on any atom is 0.308 e. The van der Waals surface area contributed by atoms with Gasteiger partial charge in [0.2, 0.25) is 0 Å². The normalized spacial score (nSPS) is 15.1. The monoisotopic (exact) mass is 188 g/mol. The average Bonchev–Trinajstić information content (AvgIpc) is 2.02. The van der Waals surface area contributed by atoms with Crippen LogP contribution in [0.4, 0.5) is 0 Å². The van der Waals surface area contributed by atoms with Crippen LogP contribution in [0.25, 0.3) is 0 Å². The molecule has 0 spiro atoms. The molecule has 1 N–H and O–H groups in total. The Labute approximate surface area is 80.1 Å². The van der Waals surface area contributed by atoms with Gasteiger partial charge in [-0.05, 0) is 19.8 Å². The molecule has 13 heavy (non-hydrogen) atoms. The summed E-state index contributed by atoms with van der Waals surface area (Å²) in [6, 6.07) is 0. The highest BCUT2D eigenvalue weighted by Crippen LogP contribution is 2.08. The Kier molecular flexibility index (Phi) is 6.59. The number of aliphatic hydroxyl groups is 1. The van der Waals surface area contributed by atoms with Gasteiger partial charge in [0.1, 0.15) is 6.10 Å². The van der Waals surface area contributed by atoms with Crippen molar-refractivity contribution < 1.29 is 14.6 Å². The van der Waals surface area contributed by atoms with Crippen LogP contribution in [0, 0.1) is 0 Å². The third-order valence-electron chi connectivity index (χ3n) is 1.83. The average molecular weight is 188 g/mol. The van der Waals surface area contributed by atoms with E-state index in [1.807, 2.05) is 6.92 Å². The molecule has 0 aromatic carbocycles. The first-order chi connectivity index (χ1) is 6.10. The smallest absolute Gasteiger partial charge is 0.308 e. The van der Waals surface area contributed by atoms with Gasteiger partial charge in [0.05, 0.1) is 12.5 Å². The first-order valence-corrected chi connectivity index (χ1v) is 4.97.